The van der Waals surface area contributed by atoms with Gasteiger partial charge in [-0.3, -0.25) is 19.3 Å². The Morgan fingerprint density at radius 2 is 1.45 bits per heavy atom. The number of nitrogens with zero attached hydrogens (tertiary/aromatic N) is 1. The second-order valence-electron chi connectivity index (χ2n) is 8.79. The van der Waals surface area contributed by atoms with Crippen molar-refractivity contribution in [3.63, 3.8) is 0 Å². The molecule has 5 aliphatic rings. The molecular weight excluding hydrogens is 394 g/mol. The van der Waals surface area contributed by atoms with E-state index in [-0.39, 0.29) is 35.5 Å². The van der Waals surface area contributed by atoms with Crippen LogP contribution in [0.15, 0.2) is 60.7 Å². The molecule has 4 aliphatic carbocycles. The van der Waals surface area contributed by atoms with Crippen LogP contribution < -0.4 is 9.64 Å². The van der Waals surface area contributed by atoms with Gasteiger partial charge in [0.1, 0.15) is 12.0 Å². The Bertz CT molecular complexity index is 1110. The van der Waals surface area contributed by atoms with Crippen LogP contribution in [-0.2, 0) is 9.59 Å². The summed E-state index contributed by atoms with van der Waals surface area (Å²) in [4.78, 5) is 50.8. The summed E-state index contributed by atoms with van der Waals surface area (Å²) in [5.74, 6) is 0.528. The number of rotatable bonds is 4. The topological polar surface area (TPSA) is 80.8 Å². The van der Waals surface area contributed by atoms with E-state index in [1.54, 1.807) is 48.5 Å². The van der Waals surface area contributed by atoms with Crippen molar-refractivity contribution in [2.45, 2.75) is 6.42 Å². The minimum Gasteiger partial charge on any atom is -0.423 e. The molecule has 6 atom stereocenters. The van der Waals surface area contributed by atoms with Gasteiger partial charge in [-0.2, -0.15) is 0 Å². The van der Waals surface area contributed by atoms with Crippen molar-refractivity contribution in [3.8, 4) is 5.75 Å². The van der Waals surface area contributed by atoms with Crippen LogP contribution in [-0.4, -0.2) is 24.1 Å². The van der Waals surface area contributed by atoms with Gasteiger partial charge < -0.3 is 4.74 Å². The maximum atomic E-state index is 13.2. The first-order valence-corrected chi connectivity index (χ1v) is 10.5. The summed E-state index contributed by atoms with van der Waals surface area (Å²) in [5, 5.41) is 0. The average Bonchev–Trinajstić information content (AvgIpc) is 3.58. The number of carbonyl (C=O) groups excluding carboxylic acids is 4. The van der Waals surface area contributed by atoms with Gasteiger partial charge in [-0.15, -0.1) is 0 Å². The van der Waals surface area contributed by atoms with Crippen LogP contribution in [0.2, 0.25) is 0 Å². The van der Waals surface area contributed by atoms with Crippen molar-refractivity contribution in [2.75, 3.05) is 4.90 Å². The number of hydrogen-bond donors (Lipinski definition) is 0. The Morgan fingerprint density at radius 3 is 2.00 bits per heavy atom. The molecule has 0 unspecified atom stereocenters. The number of anilines is 1. The minimum absolute atomic E-state index is 0.120. The van der Waals surface area contributed by atoms with Gasteiger partial charge in [0.2, 0.25) is 11.8 Å². The fraction of sp³-hybridized carbons (Fsp3) is 0.280. The highest BCUT2D eigenvalue weighted by molar-refractivity contribution is 6.22. The number of aldehydes is 1. The van der Waals surface area contributed by atoms with E-state index >= 15 is 0 Å². The first kappa shape index (κ1) is 18.2. The number of benzene rings is 2. The second kappa shape index (κ2) is 6.48. The molecule has 0 aromatic heterocycles. The molecule has 31 heavy (non-hydrogen) atoms. The largest absolute Gasteiger partial charge is 0.423 e. The SMILES string of the molecule is O=Cc1ccc(OC(=O)c2ccc(N3C(=O)[C@@H]4[C@H]5C=C[C@@H]([C@@H]6C[C@@H]56)[C@H]4C3=O)cc2)cc1. The molecule has 2 aromatic rings. The molecule has 0 N–H and O–H groups in total. The van der Waals surface area contributed by atoms with Crippen molar-refractivity contribution < 1.29 is 23.9 Å². The number of esters is 1. The normalized spacial score (nSPS) is 31.9. The highest BCUT2D eigenvalue weighted by Gasteiger charge is 2.67. The highest BCUT2D eigenvalue weighted by Crippen LogP contribution is 2.65. The number of ether oxygens (including phenoxy) is 1. The van der Waals surface area contributed by atoms with Gasteiger partial charge >= 0.3 is 5.97 Å². The van der Waals surface area contributed by atoms with Crippen LogP contribution in [0, 0.1) is 35.5 Å². The number of allylic oxidation sites excluding steroid dienone is 2. The summed E-state index contributed by atoms with van der Waals surface area (Å²) in [5.41, 5.74) is 1.29. The molecule has 2 amide bonds. The fourth-order valence-corrected chi connectivity index (χ4v) is 5.74. The molecule has 3 fully saturated rings. The van der Waals surface area contributed by atoms with Gasteiger partial charge in [-0.25, -0.2) is 4.79 Å². The lowest BCUT2D eigenvalue weighted by Gasteiger charge is -2.37. The van der Waals surface area contributed by atoms with Gasteiger partial charge in [-0.05, 0) is 78.6 Å². The first-order valence-electron chi connectivity index (χ1n) is 10.5. The van der Waals surface area contributed by atoms with E-state index in [1.807, 2.05) is 0 Å². The summed E-state index contributed by atoms with van der Waals surface area (Å²) < 4.78 is 5.33. The van der Waals surface area contributed by atoms with Crippen LogP contribution in [0.1, 0.15) is 27.1 Å². The number of hydrogen-bond acceptors (Lipinski definition) is 5. The maximum Gasteiger partial charge on any atom is 0.343 e. The van der Waals surface area contributed by atoms with E-state index in [2.05, 4.69) is 12.2 Å². The molecule has 1 saturated heterocycles. The van der Waals surface area contributed by atoms with Crippen molar-refractivity contribution in [3.05, 3.63) is 71.8 Å². The molecule has 1 heterocycles. The zero-order valence-electron chi connectivity index (χ0n) is 16.5. The molecule has 2 saturated carbocycles. The van der Waals surface area contributed by atoms with Crippen molar-refractivity contribution >= 4 is 29.8 Å². The lowest BCUT2D eigenvalue weighted by atomic mass is 9.63. The van der Waals surface area contributed by atoms with Gasteiger partial charge in [0.05, 0.1) is 23.1 Å². The number of imide groups is 1. The first-order chi connectivity index (χ1) is 15.1. The molecule has 154 valence electrons. The predicted molar refractivity (Wildman–Crippen MR) is 110 cm³/mol. The zero-order valence-corrected chi connectivity index (χ0v) is 16.5. The van der Waals surface area contributed by atoms with Crippen LogP contribution in [0.3, 0.4) is 0 Å². The summed E-state index contributed by atoms with van der Waals surface area (Å²) in [7, 11) is 0. The average molecular weight is 413 g/mol. The van der Waals surface area contributed by atoms with E-state index < -0.39 is 5.97 Å². The summed E-state index contributed by atoms with van der Waals surface area (Å²) in [6, 6.07) is 12.6. The summed E-state index contributed by atoms with van der Waals surface area (Å²) >= 11 is 0. The third-order valence-electron chi connectivity index (χ3n) is 7.25. The van der Waals surface area contributed by atoms with Crippen molar-refractivity contribution in [2.24, 2.45) is 35.5 Å². The van der Waals surface area contributed by atoms with E-state index in [9.17, 15) is 19.2 Å². The molecule has 0 spiro atoms. The third kappa shape index (κ3) is 2.64. The molecule has 1 aliphatic heterocycles. The molecule has 2 bridgehead atoms. The molecular formula is C25H19NO5. The maximum absolute atomic E-state index is 13.2. The lowest BCUT2D eigenvalue weighted by Crippen LogP contribution is -2.40. The third-order valence-corrected chi connectivity index (χ3v) is 7.25. The lowest BCUT2D eigenvalue weighted by molar-refractivity contribution is -0.124. The standard InChI is InChI=1S/C25H19NO5/c27-12-13-1-7-16(8-2-13)31-25(30)14-3-5-15(6-4-14)26-23(28)21-17-9-10-18(20-11-19(17)20)22(21)24(26)29/h1-10,12,17-22H,11H2/t17-,18-,19-,20-,21+,22+/m0/s1. The van der Waals surface area contributed by atoms with Gasteiger partial charge in [0, 0.05) is 5.56 Å². The molecule has 6 heteroatoms. The molecule has 7 rings (SSSR count). The smallest absolute Gasteiger partial charge is 0.343 e. The Labute approximate surface area is 178 Å². The van der Waals surface area contributed by atoms with Crippen LogP contribution >= 0.6 is 0 Å². The van der Waals surface area contributed by atoms with E-state index in [0.29, 0.717) is 40.7 Å². The fourth-order valence-electron chi connectivity index (χ4n) is 5.74. The number of carbonyl (C=O) groups is 4. The Hall–Kier alpha value is -3.54. The monoisotopic (exact) mass is 413 g/mol. The van der Waals surface area contributed by atoms with Gasteiger partial charge in [0.15, 0.2) is 0 Å². The Morgan fingerprint density at radius 1 is 0.871 bits per heavy atom. The van der Waals surface area contributed by atoms with Crippen LogP contribution in [0.25, 0.3) is 0 Å². The summed E-state index contributed by atoms with van der Waals surface area (Å²) in [6.45, 7) is 0. The van der Waals surface area contributed by atoms with E-state index in [4.69, 9.17) is 4.74 Å². The Kier molecular flexibility index (Phi) is 3.81. The molecule has 0 radical (unpaired) electrons. The Balaban J connectivity index is 1.21. The van der Waals surface area contributed by atoms with Gasteiger partial charge in [0.25, 0.3) is 0 Å². The van der Waals surface area contributed by atoms with E-state index in [0.717, 1.165) is 6.42 Å². The van der Waals surface area contributed by atoms with E-state index in [1.165, 1.54) is 4.90 Å². The van der Waals surface area contributed by atoms with Gasteiger partial charge in [-0.1, -0.05) is 12.2 Å². The minimum atomic E-state index is -0.555. The zero-order chi connectivity index (χ0) is 21.3. The number of amides is 2. The van der Waals surface area contributed by atoms with Crippen LogP contribution in [0.5, 0.6) is 5.75 Å². The van der Waals surface area contributed by atoms with Crippen molar-refractivity contribution in [1.82, 2.24) is 0 Å². The quantitative estimate of drug-likeness (QED) is 0.253. The molecule has 2 aromatic carbocycles. The van der Waals surface area contributed by atoms with Crippen LogP contribution in [0.4, 0.5) is 5.69 Å². The molecule has 6 nitrogen and oxygen atoms in total. The highest BCUT2D eigenvalue weighted by atomic mass is 16.5. The predicted octanol–water partition coefficient (Wildman–Crippen LogP) is 3.28. The summed E-state index contributed by atoms with van der Waals surface area (Å²) in [6.07, 6.45) is 6.14. The second-order valence-corrected chi connectivity index (χ2v) is 8.79. The van der Waals surface area contributed by atoms with Crippen molar-refractivity contribution in [1.29, 1.82) is 0 Å².